The summed E-state index contributed by atoms with van der Waals surface area (Å²) in [5.41, 5.74) is 0.651. The minimum atomic E-state index is -0.153. The van der Waals surface area contributed by atoms with Gasteiger partial charge in [-0.3, -0.25) is 4.79 Å². The van der Waals surface area contributed by atoms with Crippen LogP contribution in [-0.4, -0.2) is 35.6 Å². The Morgan fingerprint density at radius 2 is 2.18 bits per heavy atom. The van der Waals surface area contributed by atoms with E-state index in [2.05, 4.69) is 19.9 Å². The molecule has 3 rings (SSSR count). The van der Waals surface area contributed by atoms with Crippen LogP contribution in [0.4, 0.5) is 0 Å². The summed E-state index contributed by atoms with van der Waals surface area (Å²) in [5, 5.41) is 12.9. The third-order valence-electron chi connectivity index (χ3n) is 5.15. The van der Waals surface area contributed by atoms with Crippen molar-refractivity contribution in [3.05, 3.63) is 35.2 Å². The van der Waals surface area contributed by atoms with Gasteiger partial charge in [0, 0.05) is 34.0 Å². The molecule has 118 valence electrons. The maximum atomic E-state index is 13.0. The van der Waals surface area contributed by atoms with Gasteiger partial charge in [0.2, 0.25) is 0 Å². The predicted octanol–water partition coefficient (Wildman–Crippen LogP) is 3.77. The number of hydrogen-bond donors (Lipinski definition) is 1. The molecule has 0 unspecified atom stereocenters. The molecule has 22 heavy (non-hydrogen) atoms. The average molecular weight is 317 g/mol. The first-order chi connectivity index (χ1) is 10.6. The molecule has 1 atom stereocenters. The second kappa shape index (κ2) is 6.01. The number of piperidine rings is 1. The van der Waals surface area contributed by atoms with Crippen molar-refractivity contribution in [1.29, 1.82) is 0 Å². The zero-order valence-corrected chi connectivity index (χ0v) is 14.0. The Kier molecular flexibility index (Phi) is 4.24. The van der Waals surface area contributed by atoms with Crippen LogP contribution in [0.3, 0.4) is 0 Å². The number of nitrogens with zero attached hydrogens (tertiary/aromatic N) is 1. The van der Waals surface area contributed by atoms with Crippen molar-refractivity contribution >= 4 is 27.3 Å². The van der Waals surface area contributed by atoms with Crippen molar-refractivity contribution in [3.63, 3.8) is 0 Å². The van der Waals surface area contributed by atoms with E-state index in [0.717, 1.165) is 35.0 Å². The summed E-state index contributed by atoms with van der Waals surface area (Å²) in [6, 6.07) is 8.06. The highest BCUT2D eigenvalue weighted by molar-refractivity contribution is 7.17. The van der Waals surface area contributed by atoms with Crippen LogP contribution in [-0.2, 0) is 0 Å². The Labute approximate surface area is 135 Å². The van der Waals surface area contributed by atoms with Gasteiger partial charge < -0.3 is 10.0 Å². The number of amides is 1. The van der Waals surface area contributed by atoms with Gasteiger partial charge in [-0.25, -0.2) is 0 Å². The first-order valence-electron chi connectivity index (χ1n) is 7.94. The summed E-state index contributed by atoms with van der Waals surface area (Å²) in [6.07, 6.45) is 1.96. The molecular weight excluding hydrogens is 294 g/mol. The lowest BCUT2D eigenvalue weighted by Crippen LogP contribution is -2.50. The Morgan fingerprint density at radius 3 is 2.91 bits per heavy atom. The number of benzene rings is 1. The minimum absolute atomic E-state index is 0.107. The molecule has 1 amide bonds. The van der Waals surface area contributed by atoms with Gasteiger partial charge in [0.15, 0.2) is 0 Å². The first kappa shape index (κ1) is 15.5. The van der Waals surface area contributed by atoms with Crippen LogP contribution in [0.1, 0.15) is 37.0 Å². The number of thiophene rings is 1. The van der Waals surface area contributed by atoms with E-state index in [-0.39, 0.29) is 17.9 Å². The van der Waals surface area contributed by atoms with E-state index in [1.807, 2.05) is 28.5 Å². The third-order valence-corrected chi connectivity index (χ3v) is 6.11. The molecule has 4 heteroatoms. The summed E-state index contributed by atoms with van der Waals surface area (Å²) < 4.78 is 1.15. The van der Waals surface area contributed by atoms with Crippen molar-refractivity contribution in [3.8, 4) is 0 Å². The lowest BCUT2D eigenvalue weighted by atomic mass is 9.72. The zero-order valence-electron chi connectivity index (χ0n) is 13.2. The van der Waals surface area contributed by atoms with Gasteiger partial charge >= 0.3 is 0 Å². The molecule has 0 bridgehead atoms. The summed E-state index contributed by atoms with van der Waals surface area (Å²) >= 11 is 1.62. The SMILES string of the molecule is CC(C)[C@@]1(CO)CCCN(C(=O)c2csc3ccccc23)C1. The molecule has 0 saturated carbocycles. The molecule has 1 aromatic heterocycles. The molecule has 1 aliphatic heterocycles. The molecule has 1 aromatic carbocycles. The molecule has 0 radical (unpaired) electrons. The summed E-state index contributed by atoms with van der Waals surface area (Å²) in [5.74, 6) is 0.475. The van der Waals surface area contributed by atoms with Gasteiger partial charge in [-0.15, -0.1) is 11.3 Å². The minimum Gasteiger partial charge on any atom is -0.396 e. The Morgan fingerprint density at radius 1 is 1.41 bits per heavy atom. The highest BCUT2D eigenvalue weighted by Gasteiger charge is 2.39. The molecule has 1 N–H and O–H groups in total. The lowest BCUT2D eigenvalue weighted by Gasteiger charge is -2.44. The monoisotopic (exact) mass is 317 g/mol. The predicted molar refractivity (Wildman–Crippen MR) is 91.3 cm³/mol. The molecule has 2 aromatic rings. The molecule has 1 aliphatic rings. The van der Waals surface area contributed by atoms with Crippen LogP contribution in [0.25, 0.3) is 10.1 Å². The highest BCUT2D eigenvalue weighted by Crippen LogP contribution is 2.38. The number of fused-ring (bicyclic) bond motifs is 1. The van der Waals surface area contributed by atoms with Crippen LogP contribution in [0.2, 0.25) is 0 Å². The van der Waals surface area contributed by atoms with Crippen molar-refractivity contribution in [2.75, 3.05) is 19.7 Å². The fourth-order valence-corrected chi connectivity index (χ4v) is 4.36. The third kappa shape index (κ3) is 2.55. The fourth-order valence-electron chi connectivity index (χ4n) is 3.43. The van der Waals surface area contributed by atoms with Crippen molar-refractivity contribution in [1.82, 2.24) is 4.90 Å². The van der Waals surface area contributed by atoms with Crippen LogP contribution < -0.4 is 0 Å². The quantitative estimate of drug-likeness (QED) is 0.936. The number of aliphatic hydroxyl groups excluding tert-OH is 1. The maximum Gasteiger partial charge on any atom is 0.255 e. The number of carbonyl (C=O) groups is 1. The van der Waals surface area contributed by atoms with E-state index in [0.29, 0.717) is 12.5 Å². The normalized spacial score (nSPS) is 22.5. The van der Waals surface area contributed by atoms with Gasteiger partial charge in [-0.05, 0) is 24.8 Å². The number of aliphatic hydroxyl groups is 1. The van der Waals surface area contributed by atoms with E-state index in [1.54, 1.807) is 11.3 Å². The topological polar surface area (TPSA) is 40.5 Å². The van der Waals surface area contributed by atoms with Gasteiger partial charge in [0.1, 0.15) is 0 Å². The van der Waals surface area contributed by atoms with E-state index in [9.17, 15) is 9.90 Å². The second-order valence-electron chi connectivity index (χ2n) is 6.65. The maximum absolute atomic E-state index is 13.0. The Bertz CT molecular complexity index is 679. The second-order valence-corrected chi connectivity index (χ2v) is 7.56. The fraction of sp³-hybridized carbons (Fsp3) is 0.500. The number of likely N-dealkylation sites (tertiary alicyclic amines) is 1. The summed E-state index contributed by atoms with van der Waals surface area (Å²) in [4.78, 5) is 14.9. The Balaban J connectivity index is 1.89. The largest absolute Gasteiger partial charge is 0.396 e. The number of rotatable bonds is 3. The van der Waals surface area contributed by atoms with E-state index in [1.165, 1.54) is 0 Å². The first-order valence-corrected chi connectivity index (χ1v) is 8.82. The van der Waals surface area contributed by atoms with E-state index >= 15 is 0 Å². The van der Waals surface area contributed by atoms with Gasteiger partial charge in [-0.2, -0.15) is 0 Å². The van der Waals surface area contributed by atoms with Crippen LogP contribution in [0.15, 0.2) is 29.6 Å². The van der Waals surface area contributed by atoms with Gasteiger partial charge in [0.25, 0.3) is 5.91 Å². The summed E-state index contributed by atoms with van der Waals surface area (Å²) in [6.45, 7) is 5.88. The smallest absolute Gasteiger partial charge is 0.255 e. The van der Waals surface area contributed by atoms with E-state index in [4.69, 9.17) is 0 Å². The standard InChI is InChI=1S/C18H23NO2S/c1-13(2)18(12-20)8-5-9-19(11-18)17(21)15-10-22-16-7-4-3-6-14(15)16/h3-4,6-7,10,13,20H,5,8-9,11-12H2,1-2H3/t18-/m0/s1. The molecular formula is C18H23NO2S. The van der Waals surface area contributed by atoms with Crippen molar-refractivity contribution < 1.29 is 9.90 Å². The molecule has 0 spiro atoms. The van der Waals surface area contributed by atoms with Crippen molar-refractivity contribution in [2.45, 2.75) is 26.7 Å². The van der Waals surface area contributed by atoms with Crippen LogP contribution in [0, 0.1) is 11.3 Å². The van der Waals surface area contributed by atoms with Crippen LogP contribution in [0.5, 0.6) is 0 Å². The summed E-state index contributed by atoms with van der Waals surface area (Å²) in [7, 11) is 0. The lowest BCUT2D eigenvalue weighted by molar-refractivity contribution is 0.000800. The van der Waals surface area contributed by atoms with Crippen LogP contribution >= 0.6 is 11.3 Å². The molecule has 1 saturated heterocycles. The van der Waals surface area contributed by atoms with Gasteiger partial charge in [0.05, 0.1) is 12.2 Å². The molecule has 0 aliphatic carbocycles. The molecule has 3 nitrogen and oxygen atoms in total. The molecule has 2 heterocycles. The van der Waals surface area contributed by atoms with Crippen molar-refractivity contribution in [2.24, 2.45) is 11.3 Å². The van der Waals surface area contributed by atoms with Gasteiger partial charge in [-0.1, -0.05) is 32.0 Å². The average Bonchev–Trinajstić information content (AvgIpc) is 2.98. The highest BCUT2D eigenvalue weighted by atomic mass is 32.1. The van der Waals surface area contributed by atoms with E-state index < -0.39 is 0 Å². The molecule has 1 fully saturated rings. The number of hydrogen-bond acceptors (Lipinski definition) is 3. The number of carbonyl (C=O) groups excluding carboxylic acids is 1. The zero-order chi connectivity index (χ0) is 15.7. The Hall–Kier alpha value is -1.39.